The number of para-hydroxylation sites is 1. The van der Waals surface area contributed by atoms with E-state index in [1.54, 1.807) is 30.6 Å². The largest absolute Gasteiger partial charge is 0.487 e. The number of carbonyl (C=O) groups is 2. The van der Waals surface area contributed by atoms with Crippen LogP contribution in [0.15, 0.2) is 91.3 Å². The molecule has 0 aliphatic heterocycles. The molecular formula is C33H27Cl2N5O3. The molecule has 2 heterocycles. The molecule has 0 radical (unpaired) electrons. The summed E-state index contributed by atoms with van der Waals surface area (Å²) < 4.78 is 6.05. The molecule has 0 fully saturated rings. The van der Waals surface area contributed by atoms with Gasteiger partial charge in [0.25, 0.3) is 0 Å². The van der Waals surface area contributed by atoms with Crippen molar-refractivity contribution in [3.8, 4) is 5.75 Å². The van der Waals surface area contributed by atoms with Gasteiger partial charge in [-0.05, 0) is 66.6 Å². The summed E-state index contributed by atoms with van der Waals surface area (Å²) in [6, 6.07) is 23.4. The highest BCUT2D eigenvalue weighted by Gasteiger charge is 2.15. The van der Waals surface area contributed by atoms with E-state index in [1.165, 1.54) is 0 Å². The Balaban J connectivity index is 1.16. The fourth-order valence-corrected chi connectivity index (χ4v) is 4.75. The van der Waals surface area contributed by atoms with Crippen LogP contribution in [0.25, 0.3) is 23.1 Å². The number of halogens is 2. The molecular weight excluding hydrogens is 585 g/mol. The minimum Gasteiger partial charge on any atom is -0.487 e. The summed E-state index contributed by atoms with van der Waals surface area (Å²) in [5.74, 6) is 0.127. The van der Waals surface area contributed by atoms with Gasteiger partial charge in [-0.1, -0.05) is 65.7 Å². The number of carbonyl (C=O) groups excluding carboxylic acids is 2. The Morgan fingerprint density at radius 2 is 1.67 bits per heavy atom. The molecule has 0 saturated heterocycles. The van der Waals surface area contributed by atoms with Crippen LogP contribution in [-0.4, -0.2) is 28.5 Å². The van der Waals surface area contributed by atoms with Gasteiger partial charge in [0.05, 0.1) is 17.3 Å². The number of nitrogens with zero attached hydrogens (tertiary/aromatic N) is 2. The number of ether oxygens (including phenoxy) is 1. The van der Waals surface area contributed by atoms with Crippen molar-refractivity contribution in [3.63, 3.8) is 0 Å². The number of aromatic nitrogens is 2. The molecule has 216 valence electrons. The summed E-state index contributed by atoms with van der Waals surface area (Å²) in [5, 5.41) is 9.59. The average molecular weight is 613 g/mol. The molecule has 8 nitrogen and oxygen atoms in total. The predicted molar refractivity (Wildman–Crippen MR) is 173 cm³/mol. The SMILES string of the molecule is Cc1ccc2cccc(OCc3c(Cl)ccc(NC(=O)CNC(=O)Nc4cccc(/C=C\c5ccncc5)c4)c3Cl)c2n1. The number of pyridine rings is 2. The molecule has 0 bridgehead atoms. The molecule has 0 atom stereocenters. The Bertz CT molecular complexity index is 1810. The van der Waals surface area contributed by atoms with E-state index >= 15 is 0 Å². The second-order valence-electron chi connectivity index (χ2n) is 9.55. The zero-order chi connectivity index (χ0) is 30.2. The van der Waals surface area contributed by atoms with Gasteiger partial charge in [0, 0.05) is 39.7 Å². The Morgan fingerprint density at radius 3 is 2.51 bits per heavy atom. The smallest absolute Gasteiger partial charge is 0.319 e. The molecule has 3 amide bonds. The molecule has 5 rings (SSSR count). The lowest BCUT2D eigenvalue weighted by Crippen LogP contribution is -2.35. The Morgan fingerprint density at radius 1 is 0.884 bits per heavy atom. The monoisotopic (exact) mass is 611 g/mol. The van der Waals surface area contributed by atoms with Crippen LogP contribution in [0.4, 0.5) is 16.2 Å². The number of nitrogens with one attached hydrogen (secondary N) is 3. The standard InChI is InChI=1S/C33H27Cl2N5O3/c1-21-8-11-24-5-3-7-29(32(24)38-21)43-20-26-27(34)12-13-28(31(26)35)40-30(41)19-37-33(42)39-25-6-2-4-23(18-25)10-9-22-14-16-36-17-15-22/h2-18H,19-20H2,1H3,(H,40,41)(H2,37,39,42)/b10-9-. The van der Waals surface area contributed by atoms with Crippen LogP contribution in [0.2, 0.25) is 10.0 Å². The van der Waals surface area contributed by atoms with Gasteiger partial charge in [0.1, 0.15) is 17.9 Å². The number of urea groups is 1. The molecule has 0 unspecified atom stereocenters. The maximum absolute atomic E-state index is 12.7. The first-order valence-corrected chi connectivity index (χ1v) is 14.1. The lowest BCUT2D eigenvalue weighted by molar-refractivity contribution is -0.115. The zero-order valence-corrected chi connectivity index (χ0v) is 24.6. The summed E-state index contributed by atoms with van der Waals surface area (Å²) in [5.41, 5.74) is 4.94. The van der Waals surface area contributed by atoms with E-state index < -0.39 is 11.9 Å². The van der Waals surface area contributed by atoms with Crippen molar-refractivity contribution in [2.24, 2.45) is 0 Å². The molecule has 43 heavy (non-hydrogen) atoms. The third-order valence-corrected chi connectivity index (χ3v) is 7.17. The highest BCUT2D eigenvalue weighted by molar-refractivity contribution is 6.38. The van der Waals surface area contributed by atoms with Crippen molar-refractivity contribution in [2.45, 2.75) is 13.5 Å². The number of amides is 3. The Labute approximate surface area is 258 Å². The molecule has 3 aromatic carbocycles. The van der Waals surface area contributed by atoms with Crippen molar-refractivity contribution in [1.29, 1.82) is 0 Å². The predicted octanol–water partition coefficient (Wildman–Crippen LogP) is 7.75. The maximum atomic E-state index is 12.7. The van der Waals surface area contributed by atoms with Gasteiger partial charge in [-0.15, -0.1) is 0 Å². The van der Waals surface area contributed by atoms with Crippen LogP contribution in [0, 0.1) is 6.92 Å². The van der Waals surface area contributed by atoms with Crippen molar-refractivity contribution in [1.82, 2.24) is 15.3 Å². The van der Waals surface area contributed by atoms with Crippen LogP contribution in [0.5, 0.6) is 5.75 Å². The fraction of sp³-hybridized carbons (Fsp3) is 0.0909. The van der Waals surface area contributed by atoms with Crippen LogP contribution in [0.1, 0.15) is 22.4 Å². The van der Waals surface area contributed by atoms with Gasteiger partial charge >= 0.3 is 6.03 Å². The van der Waals surface area contributed by atoms with E-state index in [4.69, 9.17) is 27.9 Å². The Kier molecular flexibility index (Phi) is 9.51. The van der Waals surface area contributed by atoms with Crippen molar-refractivity contribution >= 4 is 69.6 Å². The number of anilines is 2. The maximum Gasteiger partial charge on any atom is 0.319 e. The van der Waals surface area contributed by atoms with Crippen molar-refractivity contribution < 1.29 is 14.3 Å². The van der Waals surface area contributed by atoms with Gasteiger partial charge in [0.15, 0.2) is 0 Å². The molecule has 0 aliphatic carbocycles. The molecule has 0 saturated carbocycles. The van der Waals surface area contributed by atoms with E-state index in [2.05, 4.69) is 25.9 Å². The first-order valence-electron chi connectivity index (χ1n) is 13.3. The quantitative estimate of drug-likeness (QED) is 0.158. The molecule has 2 aromatic heterocycles. The van der Waals surface area contributed by atoms with Crippen molar-refractivity contribution in [3.05, 3.63) is 124 Å². The fourth-order valence-electron chi connectivity index (χ4n) is 4.23. The number of aryl methyl sites for hydroxylation is 1. The number of hydrogen-bond acceptors (Lipinski definition) is 5. The second-order valence-corrected chi connectivity index (χ2v) is 10.3. The first-order chi connectivity index (χ1) is 20.9. The van der Waals surface area contributed by atoms with Gasteiger partial charge < -0.3 is 20.7 Å². The molecule has 3 N–H and O–H groups in total. The van der Waals surface area contributed by atoms with E-state index in [-0.39, 0.29) is 18.2 Å². The van der Waals surface area contributed by atoms with Crippen LogP contribution < -0.4 is 20.7 Å². The van der Waals surface area contributed by atoms with Crippen molar-refractivity contribution in [2.75, 3.05) is 17.2 Å². The number of fused-ring (bicyclic) bond motifs is 1. The second kappa shape index (κ2) is 13.8. The van der Waals surface area contributed by atoms with Crippen LogP contribution >= 0.6 is 23.2 Å². The van der Waals surface area contributed by atoms with Crippen LogP contribution in [-0.2, 0) is 11.4 Å². The summed E-state index contributed by atoms with van der Waals surface area (Å²) in [6.45, 7) is 1.70. The normalized spacial score (nSPS) is 11.0. The lowest BCUT2D eigenvalue weighted by atomic mass is 10.1. The number of hydrogen-bond donors (Lipinski definition) is 3. The molecule has 0 aliphatic rings. The highest BCUT2D eigenvalue weighted by Crippen LogP contribution is 2.33. The van der Waals surface area contributed by atoms with Crippen LogP contribution in [0.3, 0.4) is 0 Å². The molecule has 0 spiro atoms. The summed E-state index contributed by atoms with van der Waals surface area (Å²) in [7, 11) is 0. The third kappa shape index (κ3) is 7.88. The average Bonchev–Trinajstić information content (AvgIpc) is 3.01. The van der Waals surface area contributed by atoms with E-state index in [0.717, 1.165) is 27.7 Å². The summed E-state index contributed by atoms with van der Waals surface area (Å²) in [4.78, 5) is 33.7. The topological polar surface area (TPSA) is 105 Å². The minimum atomic E-state index is -0.527. The highest BCUT2D eigenvalue weighted by atomic mass is 35.5. The van der Waals surface area contributed by atoms with Gasteiger partial charge in [-0.2, -0.15) is 0 Å². The van der Waals surface area contributed by atoms with E-state index in [9.17, 15) is 9.59 Å². The van der Waals surface area contributed by atoms with Gasteiger partial charge in [-0.3, -0.25) is 9.78 Å². The zero-order valence-electron chi connectivity index (χ0n) is 23.1. The summed E-state index contributed by atoms with van der Waals surface area (Å²) >= 11 is 13.0. The lowest BCUT2D eigenvalue weighted by Gasteiger charge is -2.15. The third-order valence-electron chi connectivity index (χ3n) is 6.38. The molecule has 10 heteroatoms. The Hall–Kier alpha value is -4.92. The van der Waals surface area contributed by atoms with Gasteiger partial charge in [0.2, 0.25) is 5.91 Å². The summed E-state index contributed by atoms with van der Waals surface area (Å²) in [6.07, 6.45) is 7.32. The van der Waals surface area contributed by atoms with E-state index in [0.29, 0.717) is 27.7 Å². The van der Waals surface area contributed by atoms with E-state index in [1.807, 2.05) is 79.7 Å². The first kappa shape index (κ1) is 29.6. The minimum absolute atomic E-state index is 0.0631. The number of benzene rings is 3. The van der Waals surface area contributed by atoms with Gasteiger partial charge in [-0.25, -0.2) is 9.78 Å². The number of rotatable bonds is 9. The molecule has 5 aromatic rings.